The third kappa shape index (κ3) is 4.73. The van der Waals surface area contributed by atoms with E-state index >= 15 is 0 Å². The van der Waals surface area contributed by atoms with Crippen LogP contribution in [0.2, 0.25) is 0 Å². The van der Waals surface area contributed by atoms with Crippen molar-refractivity contribution in [1.82, 2.24) is 29.2 Å². The molecule has 0 saturated carbocycles. The predicted octanol–water partition coefficient (Wildman–Crippen LogP) is 4.19. The number of piperidine rings is 1. The average Bonchev–Trinajstić information content (AvgIpc) is 3.53. The summed E-state index contributed by atoms with van der Waals surface area (Å²) >= 11 is 0. The maximum Gasteiger partial charge on any atom is 0.329 e. The van der Waals surface area contributed by atoms with Gasteiger partial charge in [-0.3, -0.25) is 14.1 Å². The molecule has 0 unspecified atom stereocenters. The summed E-state index contributed by atoms with van der Waals surface area (Å²) in [5, 5.41) is 6.97. The minimum atomic E-state index is -2.85. The molecule has 3 aromatic heterocycles. The Morgan fingerprint density at radius 3 is 2.45 bits per heavy atom. The van der Waals surface area contributed by atoms with Crippen LogP contribution in [-0.2, 0) is 11.3 Å². The first-order valence-corrected chi connectivity index (χ1v) is 12.8. The van der Waals surface area contributed by atoms with Crippen LogP contribution in [0.3, 0.4) is 0 Å². The fourth-order valence-electron chi connectivity index (χ4n) is 5.57. The van der Waals surface area contributed by atoms with Crippen LogP contribution in [0.15, 0.2) is 45.7 Å². The molecule has 2 fully saturated rings. The van der Waals surface area contributed by atoms with E-state index in [0.717, 1.165) is 52.0 Å². The van der Waals surface area contributed by atoms with Gasteiger partial charge in [0.2, 0.25) is 5.89 Å². The third-order valence-corrected chi connectivity index (χ3v) is 7.52. The van der Waals surface area contributed by atoms with E-state index in [0.29, 0.717) is 28.3 Å². The molecule has 0 N–H and O–H groups in total. The largest absolute Gasteiger partial charge is 0.415 e. The number of rotatable bonds is 6. The second-order valence-electron chi connectivity index (χ2n) is 9.77. The lowest BCUT2D eigenvalue weighted by atomic mass is 9.99. The summed E-state index contributed by atoms with van der Waals surface area (Å²) in [6.07, 6.45) is 2.26. The first-order chi connectivity index (χ1) is 18.5. The number of pyridine rings is 1. The average molecular weight is 529 g/mol. The van der Waals surface area contributed by atoms with Crippen molar-refractivity contribution in [3.05, 3.63) is 64.4 Å². The van der Waals surface area contributed by atoms with Crippen molar-refractivity contribution >= 4 is 11.0 Å². The zero-order valence-corrected chi connectivity index (χ0v) is 20.6. The number of benzene rings is 1. The Labute approximate surface area is 215 Å². The van der Waals surface area contributed by atoms with E-state index in [1.165, 1.54) is 18.3 Å². The van der Waals surface area contributed by atoms with Crippen LogP contribution in [0.1, 0.15) is 49.7 Å². The van der Waals surface area contributed by atoms with Gasteiger partial charge in [0.25, 0.3) is 5.89 Å². The summed E-state index contributed by atoms with van der Waals surface area (Å²) in [6.45, 7) is 3.52. The molecule has 0 spiro atoms. The summed E-state index contributed by atoms with van der Waals surface area (Å²) in [5.74, 6) is -1.21. The highest BCUT2D eigenvalue weighted by molar-refractivity contribution is 5.76. The fraction of sp³-hybridized carbons (Fsp3) is 0.462. The van der Waals surface area contributed by atoms with Crippen LogP contribution in [0.5, 0.6) is 0 Å². The molecule has 4 aromatic rings. The highest BCUT2D eigenvalue weighted by Gasteiger charge is 2.29. The van der Waals surface area contributed by atoms with Crippen molar-refractivity contribution < 1.29 is 22.3 Å². The molecular weight excluding hydrogens is 501 g/mol. The van der Waals surface area contributed by atoms with Gasteiger partial charge in [-0.1, -0.05) is 0 Å². The number of hydrogen-bond acceptors (Lipinski definition) is 7. The summed E-state index contributed by atoms with van der Waals surface area (Å²) in [5.41, 5.74) is 1.96. The van der Waals surface area contributed by atoms with Gasteiger partial charge in [-0.25, -0.2) is 9.18 Å². The van der Waals surface area contributed by atoms with E-state index in [9.17, 15) is 18.0 Å². The molecule has 0 bridgehead atoms. The molecule has 0 amide bonds. The maximum absolute atomic E-state index is 14.3. The SMILES string of the molecule is O=c1n(Cc2ccc(-c3nnc(C(F)F)o3)cn2)c2ccc(F)cc2n1C1CCN(C2CCOCC2)CC1. The Balaban J connectivity index is 1.25. The van der Waals surface area contributed by atoms with Gasteiger partial charge in [0.1, 0.15) is 5.82 Å². The molecule has 38 heavy (non-hydrogen) atoms. The van der Waals surface area contributed by atoms with Gasteiger partial charge in [-0.2, -0.15) is 8.78 Å². The highest BCUT2D eigenvalue weighted by atomic mass is 19.3. The van der Waals surface area contributed by atoms with E-state index in [4.69, 9.17) is 9.15 Å². The van der Waals surface area contributed by atoms with Gasteiger partial charge in [-0.05, 0) is 56.0 Å². The third-order valence-electron chi connectivity index (χ3n) is 7.52. The lowest BCUT2D eigenvalue weighted by Crippen LogP contribution is -2.45. The van der Waals surface area contributed by atoms with Crippen LogP contribution in [-0.4, -0.2) is 61.6 Å². The van der Waals surface area contributed by atoms with Gasteiger partial charge in [-0.15, -0.1) is 10.2 Å². The molecule has 5 heterocycles. The van der Waals surface area contributed by atoms with Crippen LogP contribution < -0.4 is 5.69 Å². The number of fused-ring (bicyclic) bond motifs is 1. The number of hydrogen-bond donors (Lipinski definition) is 0. The van der Waals surface area contributed by atoms with Gasteiger partial charge < -0.3 is 14.1 Å². The smallest absolute Gasteiger partial charge is 0.329 e. The van der Waals surface area contributed by atoms with Crippen molar-refractivity contribution in [2.75, 3.05) is 26.3 Å². The molecule has 2 aliphatic heterocycles. The molecule has 6 rings (SSSR count). The molecule has 0 aliphatic carbocycles. The zero-order valence-electron chi connectivity index (χ0n) is 20.6. The topological polar surface area (TPSA) is 91.2 Å². The standard InChI is InChI=1S/C26H27F3N6O3/c27-17-2-4-21-22(13-17)35(20-5-9-33(10-6-20)19-7-11-37-12-8-19)26(36)34(21)15-18-3-1-16(14-30-18)24-31-32-25(38-24)23(28)29/h1-4,13-14,19-20,23H,5-12,15H2. The van der Waals surface area contributed by atoms with Gasteiger partial charge in [0.05, 0.1) is 28.8 Å². The van der Waals surface area contributed by atoms with Crippen molar-refractivity contribution in [2.24, 2.45) is 0 Å². The Kier molecular flexibility index (Phi) is 6.75. The van der Waals surface area contributed by atoms with E-state index < -0.39 is 18.1 Å². The monoisotopic (exact) mass is 528 g/mol. The zero-order chi connectivity index (χ0) is 26.2. The number of nitrogens with zero attached hydrogens (tertiary/aromatic N) is 6. The van der Waals surface area contributed by atoms with Crippen LogP contribution in [0, 0.1) is 5.82 Å². The van der Waals surface area contributed by atoms with Crippen LogP contribution in [0.25, 0.3) is 22.5 Å². The minimum absolute atomic E-state index is 0.0268. The first kappa shape index (κ1) is 24.8. The minimum Gasteiger partial charge on any atom is -0.415 e. The Bertz CT molecular complexity index is 1470. The Morgan fingerprint density at radius 2 is 1.76 bits per heavy atom. The highest BCUT2D eigenvalue weighted by Crippen LogP contribution is 2.29. The molecule has 2 saturated heterocycles. The normalized spacial score (nSPS) is 18.1. The van der Waals surface area contributed by atoms with Crippen molar-refractivity contribution in [2.45, 2.75) is 50.7 Å². The quantitative estimate of drug-likeness (QED) is 0.371. The van der Waals surface area contributed by atoms with Crippen molar-refractivity contribution in [3.8, 4) is 11.5 Å². The lowest BCUT2D eigenvalue weighted by molar-refractivity contribution is 0.0220. The van der Waals surface area contributed by atoms with Crippen molar-refractivity contribution in [1.29, 1.82) is 0 Å². The van der Waals surface area contributed by atoms with Crippen molar-refractivity contribution in [3.63, 3.8) is 0 Å². The van der Waals surface area contributed by atoms with E-state index in [1.807, 2.05) is 0 Å². The molecular formula is C26H27F3N6O3. The predicted molar refractivity (Wildman–Crippen MR) is 131 cm³/mol. The van der Waals surface area contributed by atoms with Crippen LogP contribution in [0.4, 0.5) is 13.2 Å². The second-order valence-corrected chi connectivity index (χ2v) is 9.77. The van der Waals surface area contributed by atoms with Gasteiger partial charge >= 0.3 is 12.1 Å². The fourth-order valence-corrected chi connectivity index (χ4v) is 5.57. The molecule has 9 nitrogen and oxygen atoms in total. The number of imidazole rings is 1. The van der Waals surface area contributed by atoms with Gasteiger partial charge in [0, 0.05) is 44.6 Å². The number of likely N-dealkylation sites (tertiary alicyclic amines) is 1. The number of ether oxygens (including phenoxy) is 1. The molecule has 12 heteroatoms. The molecule has 1 aromatic carbocycles. The number of alkyl halides is 2. The van der Waals surface area contributed by atoms with Gasteiger partial charge in [0.15, 0.2) is 0 Å². The maximum atomic E-state index is 14.3. The Hall–Kier alpha value is -3.51. The van der Waals surface area contributed by atoms with E-state index in [2.05, 4.69) is 20.1 Å². The van der Waals surface area contributed by atoms with E-state index in [1.54, 1.807) is 27.3 Å². The molecule has 2 aliphatic rings. The number of halogens is 3. The summed E-state index contributed by atoms with van der Waals surface area (Å²) in [7, 11) is 0. The number of aromatic nitrogens is 5. The molecule has 0 radical (unpaired) electrons. The molecule has 0 atom stereocenters. The summed E-state index contributed by atoms with van der Waals surface area (Å²) < 4.78 is 53.6. The molecule has 200 valence electrons. The Morgan fingerprint density at radius 1 is 0.974 bits per heavy atom. The first-order valence-electron chi connectivity index (χ1n) is 12.8. The lowest BCUT2D eigenvalue weighted by Gasteiger charge is -2.39. The second kappa shape index (κ2) is 10.3. The van der Waals surface area contributed by atoms with E-state index in [-0.39, 0.29) is 24.2 Å². The summed E-state index contributed by atoms with van der Waals surface area (Å²) in [6, 6.07) is 8.18. The summed E-state index contributed by atoms with van der Waals surface area (Å²) in [4.78, 5) is 20.6. The van der Waals surface area contributed by atoms with Crippen LogP contribution >= 0.6 is 0 Å².